The van der Waals surface area contributed by atoms with E-state index < -0.39 is 5.56 Å². The van der Waals surface area contributed by atoms with Crippen LogP contribution in [0.15, 0.2) is 70.5 Å². The smallest absolute Gasteiger partial charge is 0.278 e. The van der Waals surface area contributed by atoms with Crippen LogP contribution in [0.5, 0.6) is 5.75 Å². The summed E-state index contributed by atoms with van der Waals surface area (Å²) in [5.41, 5.74) is 1.51. The van der Waals surface area contributed by atoms with Crippen molar-refractivity contribution in [2.24, 2.45) is 4.99 Å². The molecule has 132 valence electrons. The second-order valence-corrected chi connectivity index (χ2v) is 6.26. The molecule has 0 saturated carbocycles. The van der Waals surface area contributed by atoms with E-state index in [-0.39, 0.29) is 16.2 Å². The van der Waals surface area contributed by atoms with E-state index in [1.807, 2.05) is 36.4 Å². The van der Waals surface area contributed by atoms with Gasteiger partial charge in [-0.25, -0.2) is 0 Å². The van der Waals surface area contributed by atoms with E-state index >= 15 is 0 Å². The summed E-state index contributed by atoms with van der Waals surface area (Å²) in [6, 6.07) is 18.4. The van der Waals surface area contributed by atoms with Crippen molar-refractivity contribution in [3.63, 3.8) is 0 Å². The number of para-hydroxylation sites is 1. The number of nitrogens with one attached hydrogen (secondary N) is 2. The zero-order valence-electron chi connectivity index (χ0n) is 14.0. The molecule has 1 heterocycles. The number of hydrogen-bond acceptors (Lipinski definition) is 5. The van der Waals surface area contributed by atoms with Crippen LogP contribution in [-0.4, -0.2) is 26.5 Å². The number of aliphatic imine (C=N–C) groups is 1. The highest BCUT2D eigenvalue weighted by Gasteiger charge is 2.10. The summed E-state index contributed by atoms with van der Waals surface area (Å²) in [4.78, 5) is 19.2. The van der Waals surface area contributed by atoms with Gasteiger partial charge < -0.3 is 5.11 Å². The number of phenolic OH excluding ortho intramolecular Hbond substituents is 1. The number of hydrogen-bond donors (Lipinski definition) is 3. The number of aromatic amines is 2. The molecule has 0 unspecified atom stereocenters. The molecule has 0 fully saturated rings. The maximum atomic E-state index is 12.2. The zero-order valence-corrected chi connectivity index (χ0v) is 14.8. The Balaban J connectivity index is 1.84. The van der Waals surface area contributed by atoms with Gasteiger partial charge in [0.1, 0.15) is 5.75 Å². The van der Waals surface area contributed by atoms with E-state index in [0.29, 0.717) is 16.8 Å². The lowest BCUT2D eigenvalue weighted by Gasteiger charge is -2.06. The largest absolute Gasteiger partial charge is 0.507 e. The van der Waals surface area contributed by atoms with Gasteiger partial charge in [-0.3, -0.25) is 19.9 Å². The Kier molecular flexibility index (Phi) is 4.35. The summed E-state index contributed by atoms with van der Waals surface area (Å²) < 4.78 is 0.158. The average molecular weight is 374 g/mol. The van der Waals surface area contributed by atoms with Crippen molar-refractivity contribution in [2.75, 3.05) is 0 Å². The van der Waals surface area contributed by atoms with E-state index in [9.17, 15) is 9.90 Å². The molecule has 3 aromatic carbocycles. The Hall–Kier alpha value is -3.58. The Morgan fingerprint density at radius 3 is 2.67 bits per heavy atom. The van der Waals surface area contributed by atoms with Crippen LogP contribution in [0.25, 0.3) is 22.0 Å². The standard InChI is InChI=1S/C20H14N4O2S/c25-17-10-9-12-5-1-2-6-13(12)15(17)11-21-16-8-4-3-7-14(16)18-19(26)22-20(27)24-23-18/h1-11,25H,(H2,22,24,26,27). The fourth-order valence-corrected chi connectivity index (χ4v) is 3.01. The highest BCUT2D eigenvalue weighted by Crippen LogP contribution is 2.29. The Bertz CT molecular complexity index is 1290. The monoisotopic (exact) mass is 374 g/mol. The molecule has 0 bridgehead atoms. The van der Waals surface area contributed by atoms with Crippen LogP contribution in [0.1, 0.15) is 5.56 Å². The number of benzene rings is 3. The molecule has 6 nitrogen and oxygen atoms in total. The van der Waals surface area contributed by atoms with Crippen molar-refractivity contribution in [1.82, 2.24) is 15.2 Å². The molecule has 0 amide bonds. The molecular weight excluding hydrogens is 360 g/mol. The van der Waals surface area contributed by atoms with Gasteiger partial charge in [-0.1, -0.05) is 48.5 Å². The molecule has 27 heavy (non-hydrogen) atoms. The van der Waals surface area contributed by atoms with Crippen LogP contribution < -0.4 is 5.56 Å². The number of H-pyrrole nitrogens is 2. The molecule has 4 aromatic rings. The Morgan fingerprint density at radius 2 is 1.81 bits per heavy atom. The predicted octanol–water partition coefficient (Wildman–Crippen LogP) is 4.10. The second-order valence-electron chi connectivity index (χ2n) is 5.85. The average Bonchev–Trinajstić information content (AvgIpc) is 2.68. The first-order chi connectivity index (χ1) is 13.1. The minimum Gasteiger partial charge on any atom is -0.507 e. The normalized spacial score (nSPS) is 11.3. The predicted molar refractivity (Wildman–Crippen MR) is 108 cm³/mol. The molecule has 0 aliphatic rings. The minimum atomic E-state index is -0.394. The Labute approximate surface area is 158 Å². The van der Waals surface area contributed by atoms with Crippen molar-refractivity contribution in [1.29, 1.82) is 0 Å². The third kappa shape index (κ3) is 3.28. The first-order valence-electron chi connectivity index (χ1n) is 8.16. The van der Waals surface area contributed by atoms with Crippen molar-refractivity contribution in [2.45, 2.75) is 0 Å². The lowest BCUT2D eigenvalue weighted by Crippen LogP contribution is -2.12. The highest BCUT2D eigenvalue weighted by atomic mass is 32.1. The van der Waals surface area contributed by atoms with Gasteiger partial charge >= 0.3 is 0 Å². The summed E-state index contributed by atoms with van der Waals surface area (Å²) in [7, 11) is 0. The fraction of sp³-hybridized carbons (Fsp3) is 0. The van der Waals surface area contributed by atoms with Gasteiger partial charge in [0.2, 0.25) is 0 Å². The van der Waals surface area contributed by atoms with E-state index in [4.69, 9.17) is 12.2 Å². The minimum absolute atomic E-state index is 0.134. The van der Waals surface area contributed by atoms with E-state index in [1.165, 1.54) is 0 Å². The first-order valence-corrected chi connectivity index (χ1v) is 8.57. The third-order valence-corrected chi connectivity index (χ3v) is 4.34. The van der Waals surface area contributed by atoms with Crippen LogP contribution in [-0.2, 0) is 0 Å². The Morgan fingerprint density at radius 1 is 1.04 bits per heavy atom. The quantitative estimate of drug-likeness (QED) is 0.372. The van der Waals surface area contributed by atoms with Crippen LogP contribution in [0.2, 0.25) is 0 Å². The van der Waals surface area contributed by atoms with Crippen LogP contribution in [0.3, 0.4) is 0 Å². The highest BCUT2D eigenvalue weighted by molar-refractivity contribution is 7.71. The zero-order chi connectivity index (χ0) is 18.8. The van der Waals surface area contributed by atoms with Gasteiger partial charge in [0, 0.05) is 17.3 Å². The maximum Gasteiger partial charge on any atom is 0.278 e. The number of phenols is 1. The molecule has 0 atom stereocenters. The van der Waals surface area contributed by atoms with Crippen molar-refractivity contribution in [3.05, 3.63) is 81.4 Å². The number of aromatic nitrogens is 3. The van der Waals surface area contributed by atoms with Gasteiger partial charge in [-0.15, -0.1) is 0 Å². The first kappa shape index (κ1) is 16.9. The van der Waals surface area contributed by atoms with E-state index in [0.717, 1.165) is 10.8 Å². The summed E-state index contributed by atoms with van der Waals surface area (Å²) >= 11 is 4.89. The van der Waals surface area contributed by atoms with E-state index in [2.05, 4.69) is 20.2 Å². The second kappa shape index (κ2) is 6.97. The fourth-order valence-electron chi connectivity index (χ4n) is 2.87. The number of aromatic hydroxyl groups is 1. The maximum absolute atomic E-state index is 12.2. The van der Waals surface area contributed by atoms with Crippen LogP contribution >= 0.6 is 12.2 Å². The molecule has 0 aliphatic carbocycles. The summed E-state index contributed by atoms with van der Waals surface area (Å²) in [6.45, 7) is 0. The number of rotatable bonds is 3. The van der Waals surface area contributed by atoms with Gasteiger partial charge in [-0.05, 0) is 35.1 Å². The van der Waals surface area contributed by atoms with E-state index in [1.54, 1.807) is 30.5 Å². The van der Waals surface area contributed by atoms with Gasteiger partial charge in [-0.2, -0.15) is 5.10 Å². The van der Waals surface area contributed by atoms with Gasteiger partial charge in [0.05, 0.1) is 5.69 Å². The molecule has 0 spiro atoms. The lowest BCUT2D eigenvalue weighted by atomic mass is 10.0. The van der Waals surface area contributed by atoms with Crippen molar-refractivity contribution >= 4 is 34.9 Å². The van der Waals surface area contributed by atoms with Gasteiger partial charge in [0.25, 0.3) is 5.56 Å². The summed E-state index contributed by atoms with van der Waals surface area (Å²) in [6.07, 6.45) is 1.59. The third-order valence-electron chi connectivity index (χ3n) is 4.15. The molecule has 7 heteroatoms. The van der Waals surface area contributed by atoms with Gasteiger partial charge in [0.15, 0.2) is 10.5 Å². The summed E-state index contributed by atoms with van der Waals surface area (Å²) in [5.74, 6) is 0.134. The molecule has 0 saturated heterocycles. The summed E-state index contributed by atoms with van der Waals surface area (Å²) in [5, 5.41) is 18.8. The topological polar surface area (TPSA) is 94.1 Å². The SMILES string of the molecule is O=c1[nH]c(=S)[nH]nc1-c1ccccc1N=Cc1c(O)ccc2ccccc12. The molecule has 4 rings (SSSR count). The van der Waals surface area contributed by atoms with Crippen molar-refractivity contribution in [3.8, 4) is 17.0 Å². The van der Waals surface area contributed by atoms with Crippen LogP contribution in [0, 0.1) is 4.77 Å². The molecule has 0 radical (unpaired) electrons. The molecule has 3 N–H and O–H groups in total. The van der Waals surface area contributed by atoms with Crippen molar-refractivity contribution < 1.29 is 5.11 Å². The molecular formula is C20H14N4O2S. The van der Waals surface area contributed by atoms with Crippen LogP contribution in [0.4, 0.5) is 5.69 Å². The molecule has 1 aromatic heterocycles. The molecule has 0 aliphatic heterocycles. The number of fused-ring (bicyclic) bond motifs is 1. The number of nitrogens with zero attached hydrogens (tertiary/aromatic N) is 2. The lowest BCUT2D eigenvalue weighted by molar-refractivity contribution is 0.475.